The fourth-order valence-corrected chi connectivity index (χ4v) is 5.06. The van der Waals surface area contributed by atoms with Gasteiger partial charge in [-0.3, -0.25) is 4.90 Å². The predicted molar refractivity (Wildman–Crippen MR) is 131 cm³/mol. The first-order valence-electron chi connectivity index (χ1n) is 11.7. The first-order valence-corrected chi connectivity index (χ1v) is 11.7. The van der Waals surface area contributed by atoms with Gasteiger partial charge in [-0.25, -0.2) is 0 Å². The first kappa shape index (κ1) is 23.8. The number of methoxy groups -OCH3 is 2. The van der Waals surface area contributed by atoms with Crippen LogP contribution >= 0.6 is 0 Å². The van der Waals surface area contributed by atoms with Gasteiger partial charge in [0.15, 0.2) is 0 Å². The van der Waals surface area contributed by atoms with Gasteiger partial charge in [0.1, 0.15) is 18.6 Å². The number of para-hydroxylation sites is 2. The van der Waals surface area contributed by atoms with E-state index in [9.17, 15) is 5.11 Å². The molecule has 2 aromatic carbocycles. The smallest absolute Gasteiger partial charge is 0.143 e. The van der Waals surface area contributed by atoms with Crippen LogP contribution in [0.4, 0.5) is 5.69 Å². The van der Waals surface area contributed by atoms with Gasteiger partial charge < -0.3 is 24.2 Å². The Hall–Kier alpha value is -2.38. The number of nitrogens with zero attached hydrogens (tertiary/aromatic N) is 2. The fraction of sp³-hybridized carbons (Fsp3) is 0.481. The summed E-state index contributed by atoms with van der Waals surface area (Å²) in [5.74, 6) is 0.799. The minimum absolute atomic E-state index is 0.0172. The summed E-state index contributed by atoms with van der Waals surface area (Å²) in [5, 5.41) is 12.0. The normalized spacial score (nSPS) is 24.7. The van der Waals surface area contributed by atoms with Crippen molar-refractivity contribution in [1.29, 1.82) is 0 Å². The number of allylic oxidation sites excluding steroid dienone is 1. The van der Waals surface area contributed by atoms with E-state index in [0.29, 0.717) is 6.61 Å². The van der Waals surface area contributed by atoms with Crippen molar-refractivity contribution in [3.63, 3.8) is 0 Å². The van der Waals surface area contributed by atoms with E-state index in [1.165, 1.54) is 0 Å². The van der Waals surface area contributed by atoms with E-state index >= 15 is 0 Å². The van der Waals surface area contributed by atoms with Crippen LogP contribution in [-0.2, 0) is 9.47 Å². The number of aliphatic hydroxyl groups is 1. The molecule has 5 atom stereocenters. The number of fused-ring (bicyclic) bond motifs is 1. The lowest BCUT2D eigenvalue weighted by Gasteiger charge is -2.46. The van der Waals surface area contributed by atoms with Crippen LogP contribution < -0.4 is 9.64 Å². The summed E-state index contributed by atoms with van der Waals surface area (Å²) >= 11 is 0. The van der Waals surface area contributed by atoms with E-state index in [4.69, 9.17) is 14.2 Å². The van der Waals surface area contributed by atoms with Crippen LogP contribution in [0.25, 0.3) is 0 Å². The lowest BCUT2D eigenvalue weighted by molar-refractivity contribution is -0.00461. The second-order valence-corrected chi connectivity index (χ2v) is 9.09. The van der Waals surface area contributed by atoms with Gasteiger partial charge in [0, 0.05) is 27.3 Å². The average Bonchev–Trinajstić information content (AvgIpc) is 3.26. The van der Waals surface area contributed by atoms with Crippen molar-refractivity contribution in [2.45, 2.75) is 50.3 Å². The number of aliphatic hydroxyl groups excluding tert-OH is 1. The minimum Gasteiger partial charge on any atom is -0.489 e. The molecule has 0 saturated carbocycles. The molecular weight excluding hydrogens is 416 g/mol. The van der Waals surface area contributed by atoms with Crippen LogP contribution in [0.15, 0.2) is 66.7 Å². The quantitative estimate of drug-likeness (QED) is 0.580. The van der Waals surface area contributed by atoms with Crippen molar-refractivity contribution in [3.05, 3.63) is 72.3 Å². The van der Waals surface area contributed by atoms with Gasteiger partial charge in [-0.1, -0.05) is 48.0 Å². The number of likely N-dealkylation sites (tertiary alicyclic amines) is 1. The molecule has 6 heteroatoms. The molecule has 2 aromatic rings. The van der Waals surface area contributed by atoms with E-state index in [1.54, 1.807) is 14.2 Å². The summed E-state index contributed by atoms with van der Waals surface area (Å²) in [4.78, 5) is 4.45. The van der Waals surface area contributed by atoms with Crippen molar-refractivity contribution in [1.82, 2.24) is 4.90 Å². The molecule has 5 unspecified atom stereocenters. The van der Waals surface area contributed by atoms with Crippen LogP contribution in [0, 0.1) is 0 Å². The SMILES string of the molecule is C=C(C)CCC(C(O)N1c2ccccc2OCC1c1ccccc1)N1CC(OC)C(OC)C1. The molecule has 2 heterocycles. The zero-order chi connectivity index (χ0) is 23.4. The van der Waals surface area contributed by atoms with Crippen molar-refractivity contribution < 1.29 is 19.3 Å². The summed E-state index contributed by atoms with van der Waals surface area (Å²) < 4.78 is 17.5. The molecule has 0 spiro atoms. The van der Waals surface area contributed by atoms with Crippen LogP contribution in [0.1, 0.15) is 31.4 Å². The fourth-order valence-electron chi connectivity index (χ4n) is 5.06. The first-order chi connectivity index (χ1) is 16.0. The molecule has 2 aliphatic rings. The highest BCUT2D eigenvalue weighted by atomic mass is 16.5. The van der Waals surface area contributed by atoms with Crippen LogP contribution in [-0.4, -0.2) is 68.4 Å². The Balaban J connectivity index is 1.70. The number of hydrogen-bond donors (Lipinski definition) is 1. The summed E-state index contributed by atoms with van der Waals surface area (Å²) in [6.07, 6.45) is 0.862. The van der Waals surface area contributed by atoms with Gasteiger partial charge in [0.2, 0.25) is 0 Å². The number of rotatable bonds is 9. The summed E-state index contributed by atoms with van der Waals surface area (Å²) in [5.41, 5.74) is 3.15. The highest BCUT2D eigenvalue weighted by Gasteiger charge is 2.43. The third-order valence-corrected chi connectivity index (χ3v) is 6.87. The summed E-state index contributed by atoms with van der Waals surface area (Å²) in [7, 11) is 3.45. The maximum absolute atomic E-state index is 12.0. The monoisotopic (exact) mass is 452 g/mol. The highest BCUT2D eigenvalue weighted by Crippen LogP contribution is 2.42. The Morgan fingerprint density at radius 3 is 2.33 bits per heavy atom. The molecule has 0 aliphatic carbocycles. The predicted octanol–water partition coefficient (Wildman–Crippen LogP) is 4.02. The van der Waals surface area contributed by atoms with Crippen molar-refractivity contribution in [2.24, 2.45) is 0 Å². The lowest BCUT2D eigenvalue weighted by atomic mass is 9.98. The molecule has 178 valence electrons. The Labute approximate surface area is 197 Å². The second kappa shape index (κ2) is 10.7. The highest BCUT2D eigenvalue weighted by molar-refractivity contribution is 5.62. The van der Waals surface area contributed by atoms with Gasteiger partial charge in [-0.05, 0) is 37.5 Å². The number of ether oxygens (including phenoxy) is 3. The molecule has 0 bridgehead atoms. The molecule has 6 nitrogen and oxygen atoms in total. The van der Waals surface area contributed by atoms with Crippen molar-refractivity contribution in [2.75, 3.05) is 38.8 Å². The average molecular weight is 453 g/mol. The number of benzene rings is 2. The Morgan fingerprint density at radius 2 is 1.70 bits per heavy atom. The molecule has 4 rings (SSSR count). The van der Waals surface area contributed by atoms with Crippen LogP contribution in [0.3, 0.4) is 0 Å². The van der Waals surface area contributed by atoms with E-state index in [1.807, 2.05) is 49.4 Å². The summed E-state index contributed by atoms with van der Waals surface area (Å²) in [6.45, 7) is 8.06. The van der Waals surface area contributed by atoms with E-state index < -0.39 is 6.23 Å². The summed E-state index contributed by atoms with van der Waals surface area (Å²) in [6, 6.07) is 18.0. The zero-order valence-electron chi connectivity index (χ0n) is 19.9. The molecule has 0 aromatic heterocycles. The zero-order valence-corrected chi connectivity index (χ0v) is 19.9. The molecule has 33 heavy (non-hydrogen) atoms. The van der Waals surface area contributed by atoms with Gasteiger partial charge in [0.25, 0.3) is 0 Å². The Kier molecular flexibility index (Phi) is 7.71. The van der Waals surface area contributed by atoms with Gasteiger partial charge in [-0.2, -0.15) is 0 Å². The topological polar surface area (TPSA) is 54.4 Å². The Bertz CT molecular complexity index is 909. The van der Waals surface area contributed by atoms with Crippen LogP contribution in [0.2, 0.25) is 0 Å². The molecule has 1 saturated heterocycles. The van der Waals surface area contributed by atoms with Crippen molar-refractivity contribution in [3.8, 4) is 5.75 Å². The van der Waals surface area contributed by atoms with Gasteiger partial charge in [0.05, 0.1) is 30.0 Å². The minimum atomic E-state index is -0.743. The third kappa shape index (κ3) is 5.09. The molecule has 0 radical (unpaired) electrons. The molecule has 2 aliphatic heterocycles. The molecule has 0 amide bonds. The standard InChI is InChI=1S/C27H36N2O4/c1-19(2)14-15-22(28-16-25(31-3)26(17-28)32-4)27(30)29-21-12-8-9-13-24(21)33-18-23(29)20-10-6-5-7-11-20/h5-13,22-23,25-27,30H,1,14-18H2,2-4H3. The van der Waals surface area contributed by atoms with E-state index in [0.717, 1.165) is 48.5 Å². The van der Waals surface area contributed by atoms with Gasteiger partial charge >= 0.3 is 0 Å². The Morgan fingerprint density at radius 1 is 1.06 bits per heavy atom. The number of hydrogen-bond acceptors (Lipinski definition) is 6. The lowest BCUT2D eigenvalue weighted by Crippen LogP contribution is -2.55. The molecule has 1 fully saturated rings. The van der Waals surface area contributed by atoms with E-state index in [2.05, 4.69) is 28.5 Å². The largest absolute Gasteiger partial charge is 0.489 e. The van der Waals surface area contributed by atoms with Gasteiger partial charge in [-0.15, -0.1) is 6.58 Å². The third-order valence-electron chi connectivity index (χ3n) is 6.87. The molecule has 1 N–H and O–H groups in total. The number of anilines is 1. The maximum atomic E-state index is 12.0. The molecular formula is C27H36N2O4. The van der Waals surface area contributed by atoms with E-state index in [-0.39, 0.29) is 24.3 Å². The van der Waals surface area contributed by atoms with Crippen molar-refractivity contribution >= 4 is 5.69 Å². The van der Waals surface area contributed by atoms with Crippen LogP contribution in [0.5, 0.6) is 5.75 Å². The maximum Gasteiger partial charge on any atom is 0.143 e. The second-order valence-electron chi connectivity index (χ2n) is 9.09.